The molecule has 1 saturated carbocycles. The summed E-state index contributed by atoms with van der Waals surface area (Å²) in [6.45, 7) is 0.0874. The third-order valence-corrected chi connectivity index (χ3v) is 4.76. The summed E-state index contributed by atoms with van der Waals surface area (Å²) in [5, 5.41) is 14.2. The maximum Gasteiger partial charge on any atom is 0.153 e. The Labute approximate surface area is 140 Å². The molecule has 0 saturated heterocycles. The Balaban J connectivity index is 1.88. The quantitative estimate of drug-likeness (QED) is 0.770. The van der Waals surface area contributed by atoms with Crippen molar-refractivity contribution in [1.82, 2.24) is 5.16 Å². The van der Waals surface area contributed by atoms with E-state index in [9.17, 15) is 5.11 Å². The number of rotatable bonds is 5. The number of aliphatic hydroxyl groups is 1. The second kappa shape index (κ2) is 5.80. The lowest BCUT2D eigenvalue weighted by atomic mass is 9.92. The molecule has 0 bridgehead atoms. The van der Waals surface area contributed by atoms with E-state index in [1.807, 2.05) is 42.5 Å². The van der Waals surface area contributed by atoms with Crippen LogP contribution in [0.4, 0.5) is 0 Å². The van der Waals surface area contributed by atoms with Crippen molar-refractivity contribution < 1.29 is 14.4 Å². The van der Waals surface area contributed by atoms with E-state index in [0.717, 1.165) is 46.7 Å². The largest absolute Gasteiger partial charge is 0.497 e. The average molecular weight is 321 g/mol. The van der Waals surface area contributed by atoms with Crippen LogP contribution < -0.4 is 4.74 Å². The smallest absolute Gasteiger partial charge is 0.153 e. The molecule has 4 nitrogen and oxygen atoms in total. The van der Waals surface area contributed by atoms with Gasteiger partial charge in [-0.25, -0.2) is 0 Å². The first-order valence-corrected chi connectivity index (χ1v) is 8.08. The molecule has 0 unspecified atom stereocenters. The molecule has 1 fully saturated rings. The van der Waals surface area contributed by atoms with Crippen molar-refractivity contribution in [3.8, 4) is 28.1 Å². The van der Waals surface area contributed by atoms with Crippen LogP contribution in [0.5, 0.6) is 5.75 Å². The Kier molecular flexibility index (Phi) is 3.62. The highest BCUT2D eigenvalue weighted by molar-refractivity contribution is 5.83. The van der Waals surface area contributed by atoms with Crippen LogP contribution in [0.15, 0.2) is 59.1 Å². The number of hydrogen-bond acceptors (Lipinski definition) is 4. The van der Waals surface area contributed by atoms with Gasteiger partial charge in [-0.15, -0.1) is 0 Å². The van der Waals surface area contributed by atoms with Gasteiger partial charge in [-0.3, -0.25) is 0 Å². The van der Waals surface area contributed by atoms with Crippen LogP contribution in [-0.2, 0) is 5.41 Å². The van der Waals surface area contributed by atoms with E-state index in [-0.39, 0.29) is 12.0 Å². The molecular formula is C20H19NO3. The molecule has 1 N–H and O–H groups in total. The number of benzene rings is 2. The van der Waals surface area contributed by atoms with E-state index >= 15 is 0 Å². The minimum absolute atomic E-state index is 0.0874. The van der Waals surface area contributed by atoms with E-state index in [1.165, 1.54) is 0 Å². The van der Waals surface area contributed by atoms with Gasteiger partial charge in [0.2, 0.25) is 0 Å². The maximum atomic E-state index is 9.83. The first-order valence-electron chi connectivity index (χ1n) is 8.08. The minimum Gasteiger partial charge on any atom is -0.497 e. The SMILES string of the molecule is COc1ccc(-c2noc(C3(CO)CC3)c2-c2ccccc2)cc1. The van der Waals surface area contributed by atoms with Crippen molar-refractivity contribution in [3.63, 3.8) is 0 Å². The molecule has 122 valence electrons. The predicted molar refractivity (Wildman–Crippen MR) is 91.9 cm³/mol. The summed E-state index contributed by atoms with van der Waals surface area (Å²) in [5.74, 6) is 1.60. The van der Waals surface area contributed by atoms with Crippen LogP contribution in [0.3, 0.4) is 0 Å². The second-order valence-electron chi connectivity index (χ2n) is 6.27. The Morgan fingerprint density at radius 2 is 1.75 bits per heavy atom. The summed E-state index contributed by atoms with van der Waals surface area (Å²) < 4.78 is 11.0. The maximum absolute atomic E-state index is 9.83. The lowest BCUT2D eigenvalue weighted by molar-refractivity contribution is 0.226. The van der Waals surface area contributed by atoms with Gasteiger partial charge in [0.1, 0.15) is 11.4 Å². The number of nitrogens with zero attached hydrogens (tertiary/aromatic N) is 1. The van der Waals surface area contributed by atoms with Gasteiger partial charge in [0, 0.05) is 5.56 Å². The molecular weight excluding hydrogens is 302 g/mol. The van der Waals surface area contributed by atoms with Crippen molar-refractivity contribution in [3.05, 3.63) is 60.4 Å². The molecule has 1 aromatic heterocycles. The molecule has 1 aliphatic rings. The van der Waals surface area contributed by atoms with Crippen LogP contribution in [0.1, 0.15) is 18.6 Å². The topological polar surface area (TPSA) is 55.5 Å². The Bertz CT molecular complexity index is 833. The molecule has 24 heavy (non-hydrogen) atoms. The number of aliphatic hydroxyl groups excluding tert-OH is 1. The lowest BCUT2D eigenvalue weighted by Gasteiger charge is -2.11. The highest BCUT2D eigenvalue weighted by atomic mass is 16.5. The number of ether oxygens (including phenoxy) is 1. The predicted octanol–water partition coefficient (Wildman–Crippen LogP) is 4.04. The lowest BCUT2D eigenvalue weighted by Crippen LogP contribution is -2.12. The molecule has 0 atom stereocenters. The third-order valence-electron chi connectivity index (χ3n) is 4.76. The van der Waals surface area contributed by atoms with Gasteiger partial charge in [0.15, 0.2) is 5.76 Å². The standard InChI is InChI=1S/C20H19NO3/c1-23-16-9-7-15(8-10-16)18-17(14-5-3-2-4-6-14)19(24-21-18)20(13-22)11-12-20/h2-10,22H,11-13H2,1H3. The van der Waals surface area contributed by atoms with E-state index in [0.29, 0.717) is 0 Å². The minimum atomic E-state index is -0.275. The fourth-order valence-electron chi connectivity index (χ4n) is 3.08. The van der Waals surface area contributed by atoms with Gasteiger partial charge < -0.3 is 14.4 Å². The zero-order chi connectivity index (χ0) is 16.6. The summed E-state index contributed by atoms with van der Waals surface area (Å²) in [4.78, 5) is 0. The fraction of sp³-hybridized carbons (Fsp3) is 0.250. The molecule has 3 aromatic rings. The zero-order valence-electron chi connectivity index (χ0n) is 13.5. The Hall–Kier alpha value is -2.59. The highest BCUT2D eigenvalue weighted by Gasteiger charge is 2.49. The van der Waals surface area contributed by atoms with Gasteiger partial charge in [-0.1, -0.05) is 35.5 Å². The molecule has 1 heterocycles. The van der Waals surface area contributed by atoms with Crippen LogP contribution >= 0.6 is 0 Å². The summed E-state index contributed by atoms with van der Waals surface area (Å²) in [5.41, 5.74) is 3.53. The van der Waals surface area contributed by atoms with Crippen molar-refractivity contribution in [1.29, 1.82) is 0 Å². The van der Waals surface area contributed by atoms with E-state index in [4.69, 9.17) is 9.26 Å². The molecule has 0 amide bonds. The molecule has 0 radical (unpaired) electrons. The normalized spacial score (nSPS) is 15.2. The summed E-state index contributed by atoms with van der Waals surface area (Å²) in [7, 11) is 1.65. The first-order chi connectivity index (χ1) is 11.8. The number of methoxy groups -OCH3 is 1. The Morgan fingerprint density at radius 3 is 2.33 bits per heavy atom. The summed E-state index contributed by atoms with van der Waals surface area (Å²) in [6.07, 6.45) is 1.86. The first kappa shape index (κ1) is 15.0. The van der Waals surface area contributed by atoms with Gasteiger partial charge in [0.25, 0.3) is 0 Å². The molecule has 4 rings (SSSR count). The third kappa shape index (κ3) is 2.39. The van der Waals surface area contributed by atoms with Gasteiger partial charge in [-0.05, 0) is 42.7 Å². The Morgan fingerprint density at radius 1 is 1.04 bits per heavy atom. The fourth-order valence-corrected chi connectivity index (χ4v) is 3.08. The van der Waals surface area contributed by atoms with Crippen molar-refractivity contribution in [2.75, 3.05) is 13.7 Å². The van der Waals surface area contributed by atoms with Crippen molar-refractivity contribution in [2.45, 2.75) is 18.3 Å². The highest BCUT2D eigenvalue weighted by Crippen LogP contribution is 2.52. The van der Waals surface area contributed by atoms with Crippen LogP contribution in [-0.4, -0.2) is 24.0 Å². The van der Waals surface area contributed by atoms with Gasteiger partial charge in [-0.2, -0.15) is 0 Å². The zero-order valence-corrected chi connectivity index (χ0v) is 13.5. The molecule has 1 aliphatic carbocycles. The van der Waals surface area contributed by atoms with Gasteiger partial charge in [0.05, 0.1) is 24.7 Å². The van der Waals surface area contributed by atoms with Gasteiger partial charge >= 0.3 is 0 Å². The average Bonchev–Trinajstić information content (AvgIpc) is 3.33. The summed E-state index contributed by atoms with van der Waals surface area (Å²) >= 11 is 0. The monoisotopic (exact) mass is 321 g/mol. The second-order valence-corrected chi connectivity index (χ2v) is 6.27. The molecule has 0 aliphatic heterocycles. The van der Waals surface area contributed by atoms with Crippen molar-refractivity contribution in [2.24, 2.45) is 0 Å². The summed E-state index contributed by atoms with van der Waals surface area (Å²) in [6, 6.07) is 17.9. The van der Waals surface area contributed by atoms with Crippen LogP contribution in [0.25, 0.3) is 22.4 Å². The van der Waals surface area contributed by atoms with E-state index in [1.54, 1.807) is 7.11 Å². The van der Waals surface area contributed by atoms with E-state index in [2.05, 4.69) is 17.3 Å². The van der Waals surface area contributed by atoms with Crippen LogP contribution in [0, 0.1) is 0 Å². The molecule has 4 heteroatoms. The van der Waals surface area contributed by atoms with Crippen molar-refractivity contribution >= 4 is 0 Å². The molecule has 2 aromatic carbocycles. The number of aromatic nitrogens is 1. The molecule has 0 spiro atoms. The number of hydrogen-bond donors (Lipinski definition) is 1. The van der Waals surface area contributed by atoms with Crippen LogP contribution in [0.2, 0.25) is 0 Å². The van der Waals surface area contributed by atoms with E-state index < -0.39 is 0 Å².